The Kier molecular flexibility index (Phi) is 6.39. The van der Waals surface area contributed by atoms with Crippen LogP contribution in [0.4, 0.5) is 5.69 Å². The van der Waals surface area contributed by atoms with Crippen molar-refractivity contribution in [1.82, 2.24) is 24.0 Å². The van der Waals surface area contributed by atoms with Gasteiger partial charge in [0.15, 0.2) is 11.2 Å². The topological polar surface area (TPSA) is 120 Å². The number of imidazole rings is 1. The number of para-hydroxylation sites is 1. The van der Waals surface area contributed by atoms with Crippen molar-refractivity contribution in [2.45, 2.75) is 13.0 Å². The third-order valence-corrected chi connectivity index (χ3v) is 5.52. The normalized spacial score (nSPS) is 10.9. The SMILES string of the molecule is Cn1c(=O)c2c(ncn2CC(=O)Nc2ccccc2C(=O)NCCc2ccccc2)n(C)c1=O. The van der Waals surface area contributed by atoms with E-state index in [1.54, 1.807) is 24.3 Å². The molecule has 4 rings (SSSR count). The summed E-state index contributed by atoms with van der Waals surface area (Å²) in [7, 11) is 2.88. The molecule has 0 saturated heterocycles. The van der Waals surface area contributed by atoms with E-state index in [1.807, 2.05) is 30.3 Å². The first kappa shape index (κ1) is 22.7. The molecule has 10 heteroatoms. The largest absolute Gasteiger partial charge is 0.352 e. The number of benzene rings is 2. The first-order valence-corrected chi connectivity index (χ1v) is 10.7. The van der Waals surface area contributed by atoms with Crippen molar-refractivity contribution >= 4 is 28.7 Å². The van der Waals surface area contributed by atoms with Crippen molar-refractivity contribution in [3.8, 4) is 0 Å². The van der Waals surface area contributed by atoms with Gasteiger partial charge in [0.1, 0.15) is 6.54 Å². The lowest BCUT2D eigenvalue weighted by Crippen LogP contribution is -2.37. The highest BCUT2D eigenvalue weighted by molar-refractivity contribution is 6.03. The Morgan fingerprint density at radius 2 is 1.65 bits per heavy atom. The van der Waals surface area contributed by atoms with Crippen molar-refractivity contribution in [3.63, 3.8) is 0 Å². The Hall–Kier alpha value is -4.47. The number of amides is 2. The molecule has 2 N–H and O–H groups in total. The molecule has 0 aliphatic carbocycles. The third kappa shape index (κ3) is 4.51. The number of aromatic nitrogens is 4. The number of nitrogens with one attached hydrogen (secondary N) is 2. The van der Waals surface area contributed by atoms with Gasteiger partial charge >= 0.3 is 5.69 Å². The average molecular weight is 460 g/mol. The van der Waals surface area contributed by atoms with Crippen molar-refractivity contribution in [1.29, 1.82) is 0 Å². The van der Waals surface area contributed by atoms with Crippen LogP contribution in [0.1, 0.15) is 15.9 Å². The number of nitrogens with zero attached hydrogens (tertiary/aromatic N) is 4. The fraction of sp³-hybridized carbons (Fsp3) is 0.208. The number of carbonyl (C=O) groups excluding carboxylic acids is 2. The van der Waals surface area contributed by atoms with Gasteiger partial charge in [-0.2, -0.15) is 0 Å². The molecule has 0 unspecified atom stereocenters. The van der Waals surface area contributed by atoms with Gasteiger partial charge in [0.25, 0.3) is 11.5 Å². The maximum atomic E-state index is 12.8. The van der Waals surface area contributed by atoms with Gasteiger partial charge in [-0.25, -0.2) is 9.78 Å². The van der Waals surface area contributed by atoms with Crippen molar-refractivity contribution < 1.29 is 9.59 Å². The maximum Gasteiger partial charge on any atom is 0.332 e. The van der Waals surface area contributed by atoms with Crippen LogP contribution in [-0.2, 0) is 31.9 Å². The van der Waals surface area contributed by atoms with E-state index in [-0.39, 0.29) is 23.6 Å². The second kappa shape index (κ2) is 9.57. The Labute approximate surface area is 194 Å². The van der Waals surface area contributed by atoms with Gasteiger partial charge in [-0.3, -0.25) is 23.5 Å². The number of aryl methyl sites for hydroxylation is 1. The highest BCUT2D eigenvalue weighted by Crippen LogP contribution is 2.15. The van der Waals surface area contributed by atoms with Crippen LogP contribution in [-0.4, -0.2) is 37.0 Å². The first-order chi connectivity index (χ1) is 16.4. The summed E-state index contributed by atoms with van der Waals surface area (Å²) in [6.45, 7) is 0.238. The lowest BCUT2D eigenvalue weighted by atomic mass is 10.1. The number of hydrogen-bond donors (Lipinski definition) is 2. The summed E-state index contributed by atoms with van der Waals surface area (Å²) in [5.41, 5.74) is 1.10. The number of rotatable bonds is 7. The minimum Gasteiger partial charge on any atom is -0.352 e. The zero-order valence-corrected chi connectivity index (χ0v) is 18.8. The number of fused-ring (bicyclic) bond motifs is 1. The maximum absolute atomic E-state index is 12.8. The van der Waals surface area contributed by atoms with Crippen LogP contribution in [0, 0.1) is 0 Å². The summed E-state index contributed by atoms with van der Waals surface area (Å²) in [5.74, 6) is -0.747. The third-order valence-electron chi connectivity index (χ3n) is 5.52. The summed E-state index contributed by atoms with van der Waals surface area (Å²) in [4.78, 5) is 54.3. The number of anilines is 1. The van der Waals surface area contributed by atoms with Crippen molar-refractivity contribution in [2.24, 2.45) is 14.1 Å². The van der Waals surface area contributed by atoms with E-state index < -0.39 is 17.2 Å². The van der Waals surface area contributed by atoms with Gasteiger partial charge in [0.2, 0.25) is 5.91 Å². The van der Waals surface area contributed by atoms with E-state index in [1.165, 1.54) is 29.6 Å². The Morgan fingerprint density at radius 3 is 2.41 bits per heavy atom. The molecule has 0 aliphatic heterocycles. The molecular weight excluding hydrogens is 436 g/mol. The van der Waals surface area contributed by atoms with Crippen LogP contribution in [0.3, 0.4) is 0 Å². The molecule has 2 amide bonds. The van der Waals surface area contributed by atoms with Crippen LogP contribution in [0.2, 0.25) is 0 Å². The van der Waals surface area contributed by atoms with E-state index in [0.717, 1.165) is 10.1 Å². The highest BCUT2D eigenvalue weighted by atomic mass is 16.2. The fourth-order valence-electron chi connectivity index (χ4n) is 3.71. The minimum absolute atomic E-state index is 0.145. The summed E-state index contributed by atoms with van der Waals surface area (Å²) in [6.07, 6.45) is 2.03. The zero-order chi connectivity index (χ0) is 24.2. The fourth-order valence-corrected chi connectivity index (χ4v) is 3.71. The Balaban J connectivity index is 1.48. The molecule has 0 bridgehead atoms. The molecule has 2 heterocycles. The van der Waals surface area contributed by atoms with E-state index in [2.05, 4.69) is 15.6 Å². The number of hydrogen-bond acceptors (Lipinski definition) is 5. The van der Waals surface area contributed by atoms with Gasteiger partial charge in [-0.15, -0.1) is 0 Å². The Morgan fingerprint density at radius 1 is 0.941 bits per heavy atom. The van der Waals surface area contributed by atoms with Crippen LogP contribution in [0.5, 0.6) is 0 Å². The second-order valence-electron chi connectivity index (χ2n) is 7.84. The second-order valence-corrected chi connectivity index (χ2v) is 7.84. The predicted molar refractivity (Wildman–Crippen MR) is 128 cm³/mol. The van der Waals surface area contributed by atoms with Gasteiger partial charge in [0.05, 0.1) is 17.6 Å². The molecule has 0 aliphatic rings. The summed E-state index contributed by atoms with van der Waals surface area (Å²) >= 11 is 0. The molecule has 2 aromatic heterocycles. The van der Waals surface area contributed by atoms with Gasteiger partial charge in [-0.05, 0) is 24.1 Å². The van der Waals surface area contributed by atoms with Gasteiger partial charge < -0.3 is 15.2 Å². The number of carbonyl (C=O) groups is 2. The lowest BCUT2D eigenvalue weighted by molar-refractivity contribution is -0.116. The molecule has 10 nitrogen and oxygen atoms in total. The Bertz CT molecular complexity index is 1480. The molecule has 0 saturated carbocycles. The first-order valence-electron chi connectivity index (χ1n) is 10.7. The van der Waals surface area contributed by atoms with Crippen LogP contribution in [0.15, 0.2) is 70.5 Å². The molecule has 0 atom stereocenters. The highest BCUT2D eigenvalue weighted by Gasteiger charge is 2.17. The van der Waals surface area contributed by atoms with E-state index in [4.69, 9.17) is 0 Å². The molecular formula is C24H24N6O4. The molecule has 174 valence electrons. The van der Waals surface area contributed by atoms with E-state index in [9.17, 15) is 19.2 Å². The van der Waals surface area contributed by atoms with Crippen molar-refractivity contribution in [2.75, 3.05) is 11.9 Å². The quantitative estimate of drug-likeness (QED) is 0.427. The molecule has 34 heavy (non-hydrogen) atoms. The van der Waals surface area contributed by atoms with Crippen LogP contribution < -0.4 is 21.9 Å². The molecule has 0 spiro atoms. The zero-order valence-electron chi connectivity index (χ0n) is 18.8. The van der Waals surface area contributed by atoms with Crippen molar-refractivity contribution in [3.05, 3.63) is 92.9 Å². The average Bonchev–Trinajstić information content (AvgIpc) is 3.25. The van der Waals surface area contributed by atoms with Gasteiger partial charge in [-0.1, -0.05) is 42.5 Å². The van der Waals surface area contributed by atoms with E-state index >= 15 is 0 Å². The molecule has 0 fully saturated rings. The van der Waals surface area contributed by atoms with E-state index in [0.29, 0.717) is 24.2 Å². The molecule has 0 radical (unpaired) electrons. The monoisotopic (exact) mass is 460 g/mol. The van der Waals surface area contributed by atoms with Crippen LogP contribution in [0.25, 0.3) is 11.2 Å². The van der Waals surface area contributed by atoms with Gasteiger partial charge in [0, 0.05) is 20.6 Å². The van der Waals surface area contributed by atoms with Crippen LogP contribution >= 0.6 is 0 Å². The summed E-state index contributed by atoms with van der Waals surface area (Å²) in [6, 6.07) is 16.5. The molecule has 2 aromatic carbocycles. The summed E-state index contributed by atoms with van der Waals surface area (Å²) in [5, 5.41) is 5.61. The smallest absolute Gasteiger partial charge is 0.332 e. The summed E-state index contributed by atoms with van der Waals surface area (Å²) < 4.78 is 3.60. The molecule has 4 aromatic rings. The lowest BCUT2D eigenvalue weighted by Gasteiger charge is -2.12. The standard InChI is InChI=1S/C24H24N6O4/c1-28-21-20(23(33)29(2)24(28)34)30(15-26-21)14-19(31)27-18-11-7-6-10-17(18)22(32)25-13-12-16-8-4-3-5-9-16/h3-11,15H,12-14H2,1-2H3,(H,25,32)(H,27,31). The predicted octanol–water partition coefficient (Wildman–Crippen LogP) is 1.04. The minimum atomic E-state index is -0.540.